The number of hydrogen-bond acceptors (Lipinski definition) is 6. The van der Waals surface area contributed by atoms with Crippen molar-refractivity contribution in [2.45, 2.75) is 24.5 Å². The van der Waals surface area contributed by atoms with E-state index in [-0.39, 0.29) is 5.75 Å². The van der Waals surface area contributed by atoms with Gasteiger partial charge in [0.25, 0.3) is 0 Å². The third kappa shape index (κ3) is 6.27. The molecule has 0 aliphatic carbocycles. The third-order valence-corrected chi connectivity index (χ3v) is 5.61. The maximum Gasteiger partial charge on any atom is 0.209 e. The number of hydrogen-bond donors (Lipinski definition) is 1. The predicted molar refractivity (Wildman–Crippen MR) is 100 cm³/mol. The molecular weight excluding hydrogens is 384 g/mol. The number of aromatic nitrogens is 3. The van der Waals surface area contributed by atoms with Gasteiger partial charge in [0.2, 0.25) is 10.0 Å². The van der Waals surface area contributed by atoms with Gasteiger partial charge in [-0.05, 0) is 25.0 Å². The number of nitrogens with two attached hydrogens (primary N) is 1. The molecule has 1 heterocycles. The number of thioether (sulfide) groups is 1. The minimum absolute atomic E-state index is 0.0464. The van der Waals surface area contributed by atoms with E-state index in [9.17, 15) is 8.42 Å². The Labute approximate surface area is 157 Å². The minimum Gasteiger partial charge on any atom is -0.385 e. The SMILES string of the molecule is COCCCn1c(SCCCS(N)(=O)=O)nnc1-c1ccccc1Cl. The molecule has 0 atom stereocenters. The summed E-state index contributed by atoms with van der Waals surface area (Å²) in [5.74, 6) is 1.23. The first-order valence-electron chi connectivity index (χ1n) is 7.72. The minimum atomic E-state index is -3.44. The van der Waals surface area contributed by atoms with Gasteiger partial charge in [0, 0.05) is 31.6 Å². The quantitative estimate of drug-likeness (QED) is 0.482. The lowest BCUT2D eigenvalue weighted by atomic mass is 10.2. The molecular formula is C15H21ClN4O3S2. The molecule has 0 aliphatic rings. The van der Waals surface area contributed by atoms with E-state index in [4.69, 9.17) is 21.5 Å². The van der Waals surface area contributed by atoms with E-state index < -0.39 is 10.0 Å². The van der Waals surface area contributed by atoms with E-state index in [2.05, 4.69) is 10.2 Å². The molecule has 1 aromatic carbocycles. The molecule has 138 valence electrons. The van der Waals surface area contributed by atoms with Gasteiger partial charge in [0.05, 0.1) is 10.8 Å². The van der Waals surface area contributed by atoms with E-state index in [1.165, 1.54) is 11.8 Å². The average Bonchev–Trinajstić information content (AvgIpc) is 2.94. The van der Waals surface area contributed by atoms with Crippen molar-refractivity contribution in [3.8, 4) is 11.4 Å². The Morgan fingerprint density at radius 3 is 2.72 bits per heavy atom. The van der Waals surface area contributed by atoms with Gasteiger partial charge in [-0.3, -0.25) is 0 Å². The van der Waals surface area contributed by atoms with Gasteiger partial charge < -0.3 is 9.30 Å². The molecule has 0 saturated carbocycles. The molecule has 0 aliphatic heterocycles. The van der Waals surface area contributed by atoms with E-state index in [0.29, 0.717) is 36.2 Å². The molecule has 0 amide bonds. The number of methoxy groups -OCH3 is 1. The number of ether oxygens (including phenoxy) is 1. The second kappa shape index (κ2) is 9.54. The molecule has 10 heteroatoms. The van der Waals surface area contributed by atoms with Gasteiger partial charge in [-0.1, -0.05) is 35.5 Å². The second-order valence-electron chi connectivity index (χ2n) is 5.35. The lowest BCUT2D eigenvalue weighted by Crippen LogP contribution is -2.16. The van der Waals surface area contributed by atoms with Gasteiger partial charge in [0.15, 0.2) is 11.0 Å². The van der Waals surface area contributed by atoms with Crippen LogP contribution in [0, 0.1) is 0 Å². The molecule has 2 N–H and O–H groups in total. The number of benzene rings is 1. The molecule has 1 aromatic heterocycles. The van der Waals surface area contributed by atoms with Gasteiger partial charge in [-0.2, -0.15) is 0 Å². The maximum absolute atomic E-state index is 11.0. The van der Waals surface area contributed by atoms with E-state index in [1.807, 2.05) is 28.8 Å². The molecule has 0 spiro atoms. The third-order valence-electron chi connectivity index (χ3n) is 3.37. The molecule has 2 rings (SSSR count). The Balaban J connectivity index is 2.17. The first-order chi connectivity index (χ1) is 11.9. The van der Waals surface area contributed by atoms with Crippen molar-refractivity contribution in [3.63, 3.8) is 0 Å². The summed E-state index contributed by atoms with van der Waals surface area (Å²) in [6, 6.07) is 7.47. The Hall–Kier alpha value is -1.13. The van der Waals surface area contributed by atoms with Crippen molar-refractivity contribution in [2.75, 3.05) is 25.2 Å². The molecule has 25 heavy (non-hydrogen) atoms. The Morgan fingerprint density at radius 2 is 2.04 bits per heavy atom. The normalized spacial score (nSPS) is 11.8. The summed E-state index contributed by atoms with van der Waals surface area (Å²) in [5, 5.41) is 14.9. The summed E-state index contributed by atoms with van der Waals surface area (Å²) < 4.78 is 29.1. The molecule has 0 radical (unpaired) electrons. The fourth-order valence-electron chi connectivity index (χ4n) is 2.23. The van der Waals surface area contributed by atoms with Crippen molar-refractivity contribution >= 4 is 33.4 Å². The van der Waals surface area contributed by atoms with Crippen LogP contribution in [0.1, 0.15) is 12.8 Å². The van der Waals surface area contributed by atoms with Crippen molar-refractivity contribution in [2.24, 2.45) is 5.14 Å². The first kappa shape index (κ1) is 20.2. The summed E-state index contributed by atoms with van der Waals surface area (Å²) in [7, 11) is -1.78. The van der Waals surface area contributed by atoms with E-state index >= 15 is 0 Å². The van der Waals surface area contributed by atoms with Crippen LogP contribution >= 0.6 is 23.4 Å². The van der Waals surface area contributed by atoms with Crippen LogP contribution in [0.5, 0.6) is 0 Å². The highest BCUT2D eigenvalue weighted by molar-refractivity contribution is 7.99. The molecule has 2 aromatic rings. The van der Waals surface area contributed by atoms with Crippen LogP contribution in [-0.4, -0.2) is 48.4 Å². The number of primary sulfonamides is 1. The fraction of sp³-hybridized carbons (Fsp3) is 0.467. The highest BCUT2D eigenvalue weighted by Gasteiger charge is 2.16. The summed E-state index contributed by atoms with van der Waals surface area (Å²) in [5.41, 5.74) is 0.811. The number of halogens is 1. The van der Waals surface area contributed by atoms with Crippen LogP contribution in [-0.2, 0) is 21.3 Å². The summed E-state index contributed by atoms with van der Waals surface area (Å²) >= 11 is 7.74. The van der Waals surface area contributed by atoms with Crippen molar-refractivity contribution in [1.82, 2.24) is 14.8 Å². The lowest BCUT2D eigenvalue weighted by molar-refractivity contribution is 0.189. The topological polar surface area (TPSA) is 100 Å². The fourth-order valence-corrected chi connectivity index (χ4v) is 4.08. The standard InChI is InChI=1S/C15H21ClN4O3S2/c1-23-9-4-8-20-14(12-6-2-3-7-13(12)16)18-19-15(20)24-10-5-11-25(17,21)22/h2-3,6-7H,4-5,8-11H2,1H3,(H2,17,21,22). The maximum atomic E-state index is 11.0. The summed E-state index contributed by atoms with van der Waals surface area (Å²) in [6.45, 7) is 1.30. The number of nitrogens with zero attached hydrogens (tertiary/aromatic N) is 3. The molecule has 0 fully saturated rings. The zero-order valence-corrected chi connectivity index (χ0v) is 16.3. The summed E-state index contributed by atoms with van der Waals surface area (Å²) in [6.07, 6.45) is 1.26. The Kier molecular flexibility index (Phi) is 7.70. The van der Waals surface area contributed by atoms with E-state index in [0.717, 1.165) is 17.1 Å². The van der Waals surface area contributed by atoms with Gasteiger partial charge >= 0.3 is 0 Å². The van der Waals surface area contributed by atoms with Crippen LogP contribution in [0.4, 0.5) is 0 Å². The van der Waals surface area contributed by atoms with Crippen LogP contribution < -0.4 is 5.14 Å². The van der Waals surface area contributed by atoms with Crippen LogP contribution in [0.2, 0.25) is 5.02 Å². The molecule has 7 nitrogen and oxygen atoms in total. The highest BCUT2D eigenvalue weighted by atomic mass is 35.5. The predicted octanol–water partition coefficient (Wildman–Crippen LogP) is 2.41. The summed E-state index contributed by atoms with van der Waals surface area (Å²) in [4.78, 5) is 0. The zero-order valence-electron chi connectivity index (χ0n) is 13.9. The van der Waals surface area contributed by atoms with Gasteiger partial charge in [-0.25, -0.2) is 13.6 Å². The first-order valence-corrected chi connectivity index (χ1v) is 10.8. The molecule has 0 saturated heterocycles. The average molecular weight is 405 g/mol. The van der Waals surface area contributed by atoms with Gasteiger partial charge in [0.1, 0.15) is 0 Å². The second-order valence-corrected chi connectivity index (χ2v) is 8.56. The molecule has 0 unspecified atom stereocenters. The smallest absolute Gasteiger partial charge is 0.209 e. The van der Waals surface area contributed by atoms with Crippen molar-refractivity contribution in [1.29, 1.82) is 0 Å². The van der Waals surface area contributed by atoms with E-state index in [1.54, 1.807) is 7.11 Å². The number of rotatable bonds is 10. The number of sulfonamides is 1. The van der Waals surface area contributed by atoms with Crippen LogP contribution in [0.15, 0.2) is 29.4 Å². The van der Waals surface area contributed by atoms with Crippen molar-refractivity contribution in [3.05, 3.63) is 29.3 Å². The largest absolute Gasteiger partial charge is 0.385 e. The molecule has 0 bridgehead atoms. The van der Waals surface area contributed by atoms with Crippen molar-refractivity contribution < 1.29 is 13.2 Å². The highest BCUT2D eigenvalue weighted by Crippen LogP contribution is 2.29. The Bertz CT molecular complexity index is 796. The zero-order chi connectivity index (χ0) is 18.3. The monoisotopic (exact) mass is 404 g/mol. The lowest BCUT2D eigenvalue weighted by Gasteiger charge is -2.10. The Morgan fingerprint density at radius 1 is 1.28 bits per heavy atom. The van der Waals surface area contributed by atoms with Crippen LogP contribution in [0.3, 0.4) is 0 Å². The van der Waals surface area contributed by atoms with Gasteiger partial charge in [-0.15, -0.1) is 10.2 Å². The van der Waals surface area contributed by atoms with Crippen LogP contribution in [0.25, 0.3) is 11.4 Å².